The van der Waals surface area contributed by atoms with Gasteiger partial charge in [0.1, 0.15) is 5.75 Å². The van der Waals surface area contributed by atoms with Crippen molar-refractivity contribution in [3.05, 3.63) is 43.5 Å². The zero-order valence-electron chi connectivity index (χ0n) is 12.5. The maximum atomic E-state index is 9.55. The van der Waals surface area contributed by atoms with Crippen LogP contribution in [0.1, 0.15) is 0 Å². The number of ether oxygens (including phenoxy) is 1. The number of carboxylic acids is 2. The number of carbonyl (C=O) groups is 2. The molecule has 1 fully saturated rings. The van der Waals surface area contributed by atoms with Crippen LogP contribution in [0.2, 0.25) is 0 Å². The number of nitrogens with one attached hydrogen (secondary N) is 1. The van der Waals surface area contributed by atoms with Crippen molar-refractivity contribution in [2.45, 2.75) is 0 Å². The van der Waals surface area contributed by atoms with E-state index in [1.165, 1.54) is 6.26 Å². The second-order valence-corrected chi connectivity index (χ2v) is 4.41. The van der Waals surface area contributed by atoms with Gasteiger partial charge in [-0.1, -0.05) is 6.58 Å². The number of hydrogen-bond donors (Lipinski definition) is 3. The Bertz CT molecular complexity index is 552. The smallest absolute Gasteiger partial charge is 0.328 e. The van der Waals surface area contributed by atoms with Crippen LogP contribution in [0.5, 0.6) is 5.75 Å². The molecule has 1 aliphatic rings. The summed E-state index contributed by atoms with van der Waals surface area (Å²) in [5.74, 6) is -1.78. The largest absolute Gasteiger partial charge is 0.478 e. The van der Waals surface area contributed by atoms with E-state index in [1.54, 1.807) is 6.20 Å². The number of nitrogens with zero attached hydrogens (tertiary/aromatic N) is 2. The van der Waals surface area contributed by atoms with Gasteiger partial charge in [-0.05, 0) is 0 Å². The maximum absolute atomic E-state index is 9.55. The number of carboxylic acid groups (broad SMARTS) is 2. The van der Waals surface area contributed by atoms with Crippen molar-refractivity contribution in [3.8, 4) is 5.75 Å². The average molecular weight is 321 g/mol. The normalized spacial score (nSPS) is 13.8. The van der Waals surface area contributed by atoms with Crippen LogP contribution in [0.3, 0.4) is 0 Å². The van der Waals surface area contributed by atoms with Gasteiger partial charge in [0, 0.05) is 44.4 Å². The third-order valence-corrected chi connectivity index (χ3v) is 2.77. The van der Waals surface area contributed by atoms with E-state index >= 15 is 0 Å². The monoisotopic (exact) mass is 321 g/mol. The van der Waals surface area contributed by atoms with E-state index in [-0.39, 0.29) is 0 Å². The minimum atomic E-state index is -1.26. The summed E-state index contributed by atoms with van der Waals surface area (Å²) in [7, 11) is 0. The summed E-state index contributed by atoms with van der Waals surface area (Å²) < 4.78 is 5.20. The lowest BCUT2D eigenvalue weighted by atomic mass is 10.3. The quantitative estimate of drug-likeness (QED) is 0.537. The molecule has 0 unspecified atom stereocenters. The van der Waals surface area contributed by atoms with Crippen LogP contribution in [0.25, 0.3) is 0 Å². The average Bonchev–Trinajstić information content (AvgIpc) is 2.55. The van der Waals surface area contributed by atoms with Crippen molar-refractivity contribution in [2.75, 3.05) is 31.1 Å². The summed E-state index contributed by atoms with van der Waals surface area (Å²) in [4.78, 5) is 25.5. The predicted molar refractivity (Wildman–Crippen MR) is 84.6 cm³/mol. The van der Waals surface area contributed by atoms with E-state index in [9.17, 15) is 9.59 Å². The van der Waals surface area contributed by atoms with Gasteiger partial charge in [0.25, 0.3) is 0 Å². The van der Waals surface area contributed by atoms with E-state index in [0.29, 0.717) is 12.2 Å². The molecule has 0 aromatic carbocycles. The number of aliphatic carboxylic acids is 2. The molecule has 2 heterocycles. The van der Waals surface area contributed by atoms with Crippen LogP contribution >= 0.6 is 0 Å². The molecule has 1 aromatic heterocycles. The van der Waals surface area contributed by atoms with Gasteiger partial charge in [0.15, 0.2) is 0 Å². The summed E-state index contributed by atoms with van der Waals surface area (Å²) in [5.41, 5.74) is 1.11. The molecule has 3 N–H and O–H groups in total. The highest BCUT2D eigenvalue weighted by Gasteiger charge is 2.10. The van der Waals surface area contributed by atoms with Crippen molar-refractivity contribution >= 4 is 17.6 Å². The molecule has 23 heavy (non-hydrogen) atoms. The Morgan fingerprint density at radius 2 is 1.83 bits per heavy atom. The molecular formula is C15H19N3O5. The standard InChI is InChI=1S/C11H15N3O.C4H4O4/c1-2-15-11-7-10(8-13-9-11)14-5-3-12-4-6-14;5-3(6)1-2-4(7)8/h2,7-9,12H,1,3-6H2;1-2H,(H,5,6)(H,7,8)/b;2-1+. The lowest BCUT2D eigenvalue weighted by Crippen LogP contribution is -2.43. The molecule has 1 aromatic rings. The molecule has 2 rings (SSSR count). The topological polar surface area (TPSA) is 112 Å². The lowest BCUT2D eigenvalue weighted by Gasteiger charge is -2.29. The summed E-state index contributed by atoms with van der Waals surface area (Å²) >= 11 is 0. The number of aromatic nitrogens is 1. The van der Waals surface area contributed by atoms with Crippen LogP contribution in [-0.4, -0.2) is 53.3 Å². The van der Waals surface area contributed by atoms with E-state index in [1.807, 2.05) is 12.3 Å². The zero-order valence-corrected chi connectivity index (χ0v) is 12.5. The first-order chi connectivity index (χ1) is 11.0. The Labute approximate surface area is 133 Å². The molecule has 1 saturated heterocycles. The Morgan fingerprint density at radius 1 is 1.22 bits per heavy atom. The van der Waals surface area contributed by atoms with E-state index in [0.717, 1.165) is 37.6 Å². The first-order valence-electron chi connectivity index (χ1n) is 6.85. The van der Waals surface area contributed by atoms with Crippen LogP contribution in [0.15, 0.2) is 43.5 Å². The third kappa shape index (κ3) is 7.63. The Kier molecular flexibility index (Phi) is 7.87. The first-order valence-corrected chi connectivity index (χ1v) is 6.85. The van der Waals surface area contributed by atoms with Gasteiger partial charge in [-0.25, -0.2) is 9.59 Å². The highest BCUT2D eigenvalue weighted by molar-refractivity contribution is 5.89. The fourth-order valence-corrected chi connectivity index (χ4v) is 1.81. The molecule has 8 nitrogen and oxygen atoms in total. The van der Waals surface area contributed by atoms with Gasteiger partial charge >= 0.3 is 11.9 Å². The van der Waals surface area contributed by atoms with Gasteiger partial charge < -0.3 is 25.2 Å². The molecular weight excluding hydrogens is 302 g/mol. The van der Waals surface area contributed by atoms with Gasteiger partial charge in [0.2, 0.25) is 0 Å². The summed E-state index contributed by atoms with van der Waals surface area (Å²) in [6.45, 7) is 7.59. The molecule has 0 aliphatic carbocycles. The van der Waals surface area contributed by atoms with Gasteiger partial charge in [-0.15, -0.1) is 0 Å². The first kappa shape index (κ1) is 18.2. The predicted octanol–water partition coefficient (Wildman–Crippen LogP) is 0.725. The molecule has 124 valence electrons. The SMILES string of the molecule is C=COc1cncc(N2CCNCC2)c1.O=C(O)/C=C/C(=O)O. The summed E-state index contributed by atoms with van der Waals surface area (Å²) in [6, 6.07) is 1.99. The maximum Gasteiger partial charge on any atom is 0.328 e. The Hall–Kier alpha value is -2.87. The molecule has 1 aliphatic heterocycles. The Morgan fingerprint density at radius 3 is 2.35 bits per heavy atom. The van der Waals surface area contributed by atoms with Crippen LogP contribution in [-0.2, 0) is 9.59 Å². The van der Waals surface area contributed by atoms with Crippen LogP contribution < -0.4 is 15.0 Å². The fraction of sp³-hybridized carbons (Fsp3) is 0.267. The summed E-state index contributed by atoms with van der Waals surface area (Å²) in [6.07, 6.45) is 6.08. The van der Waals surface area contributed by atoms with Crippen molar-refractivity contribution in [1.29, 1.82) is 0 Å². The number of pyridine rings is 1. The fourth-order valence-electron chi connectivity index (χ4n) is 1.81. The molecule has 0 spiro atoms. The lowest BCUT2D eigenvalue weighted by molar-refractivity contribution is -0.134. The van der Waals surface area contributed by atoms with Crippen molar-refractivity contribution in [2.24, 2.45) is 0 Å². The van der Waals surface area contributed by atoms with Gasteiger partial charge in [0.05, 0.1) is 24.3 Å². The van der Waals surface area contributed by atoms with Crippen molar-refractivity contribution in [3.63, 3.8) is 0 Å². The molecule has 0 atom stereocenters. The summed E-state index contributed by atoms with van der Waals surface area (Å²) in [5, 5.41) is 18.9. The highest BCUT2D eigenvalue weighted by atomic mass is 16.5. The number of piperazine rings is 1. The second kappa shape index (κ2) is 9.96. The van der Waals surface area contributed by atoms with Gasteiger partial charge in [-0.2, -0.15) is 0 Å². The number of anilines is 1. The zero-order chi connectivity index (χ0) is 17.1. The van der Waals surface area contributed by atoms with Gasteiger partial charge in [-0.3, -0.25) is 4.98 Å². The minimum Gasteiger partial charge on any atom is -0.478 e. The molecule has 0 bridgehead atoms. The third-order valence-electron chi connectivity index (χ3n) is 2.77. The molecule has 0 saturated carbocycles. The van der Waals surface area contributed by atoms with Crippen LogP contribution in [0, 0.1) is 0 Å². The van der Waals surface area contributed by atoms with Crippen molar-refractivity contribution in [1.82, 2.24) is 10.3 Å². The van der Waals surface area contributed by atoms with Crippen LogP contribution in [0.4, 0.5) is 5.69 Å². The molecule has 8 heteroatoms. The van der Waals surface area contributed by atoms with Crippen molar-refractivity contribution < 1.29 is 24.5 Å². The minimum absolute atomic E-state index is 0.558. The number of hydrogen-bond acceptors (Lipinski definition) is 6. The highest BCUT2D eigenvalue weighted by Crippen LogP contribution is 2.19. The van der Waals surface area contributed by atoms with E-state index in [4.69, 9.17) is 14.9 Å². The molecule has 0 radical (unpaired) electrons. The van der Waals surface area contributed by atoms with E-state index in [2.05, 4.69) is 21.8 Å². The number of rotatable bonds is 5. The van der Waals surface area contributed by atoms with E-state index < -0.39 is 11.9 Å². The second-order valence-electron chi connectivity index (χ2n) is 4.41. The Balaban J connectivity index is 0.000000284. The molecule has 0 amide bonds.